The number of carbonyl (C=O) groups excluding carboxylic acids is 1. The van der Waals surface area contributed by atoms with E-state index in [4.69, 9.17) is 11.6 Å². The first-order chi connectivity index (χ1) is 6.97. The van der Waals surface area contributed by atoms with Crippen molar-refractivity contribution in [3.05, 3.63) is 40.8 Å². The van der Waals surface area contributed by atoms with E-state index >= 15 is 0 Å². The molecule has 1 aromatic rings. The van der Waals surface area contributed by atoms with E-state index in [1.807, 2.05) is 32.0 Å². The minimum absolute atomic E-state index is 0.00222. The number of aldehydes is 1. The van der Waals surface area contributed by atoms with Gasteiger partial charge in [-0.1, -0.05) is 11.6 Å². The molecule has 0 spiro atoms. The van der Waals surface area contributed by atoms with E-state index in [0.717, 1.165) is 17.4 Å². The van der Waals surface area contributed by atoms with Crippen molar-refractivity contribution in [1.29, 1.82) is 0 Å². The van der Waals surface area contributed by atoms with Gasteiger partial charge in [-0.3, -0.25) is 4.79 Å². The molecule has 2 nitrogen and oxygen atoms in total. The lowest BCUT2D eigenvalue weighted by Gasteiger charge is -2.22. The number of halogens is 1. The molecule has 3 heteroatoms. The summed E-state index contributed by atoms with van der Waals surface area (Å²) in [7, 11) is 3.89. The summed E-state index contributed by atoms with van der Waals surface area (Å²) in [5.74, 6) is 0. The predicted molar refractivity (Wildman–Crippen MR) is 63.4 cm³/mol. The SMILES string of the molecule is [CH2]C(c1cc(Cl)cc(C=O)c1C)N(C)C. The summed E-state index contributed by atoms with van der Waals surface area (Å²) in [6, 6.07) is 3.54. The fourth-order valence-electron chi connectivity index (χ4n) is 1.47. The van der Waals surface area contributed by atoms with Crippen LogP contribution in [0.25, 0.3) is 0 Å². The van der Waals surface area contributed by atoms with Gasteiger partial charge < -0.3 is 4.90 Å². The van der Waals surface area contributed by atoms with E-state index in [0.29, 0.717) is 10.6 Å². The molecule has 0 N–H and O–H groups in total. The minimum Gasteiger partial charge on any atom is -0.302 e. The van der Waals surface area contributed by atoms with E-state index in [1.54, 1.807) is 6.07 Å². The van der Waals surface area contributed by atoms with Crippen LogP contribution in [0, 0.1) is 13.8 Å². The molecule has 0 aromatic heterocycles. The van der Waals surface area contributed by atoms with Crippen molar-refractivity contribution in [2.24, 2.45) is 0 Å². The molecule has 1 rings (SSSR count). The zero-order valence-corrected chi connectivity index (χ0v) is 10.0. The second kappa shape index (κ2) is 4.77. The topological polar surface area (TPSA) is 20.3 Å². The van der Waals surface area contributed by atoms with Gasteiger partial charge in [0.2, 0.25) is 0 Å². The average molecular weight is 225 g/mol. The Labute approximate surface area is 95.8 Å². The van der Waals surface area contributed by atoms with E-state index in [-0.39, 0.29) is 6.04 Å². The van der Waals surface area contributed by atoms with Crippen LogP contribution in [0.4, 0.5) is 0 Å². The maximum absolute atomic E-state index is 10.8. The van der Waals surface area contributed by atoms with Crippen LogP contribution < -0.4 is 0 Å². The van der Waals surface area contributed by atoms with Gasteiger partial charge in [0.15, 0.2) is 0 Å². The molecule has 81 valence electrons. The summed E-state index contributed by atoms with van der Waals surface area (Å²) in [5.41, 5.74) is 2.57. The Hall–Kier alpha value is -0.860. The number of nitrogens with zero attached hydrogens (tertiary/aromatic N) is 1. The van der Waals surface area contributed by atoms with E-state index in [2.05, 4.69) is 6.92 Å². The standard InChI is InChI=1S/C12H15ClNO/c1-8-10(7-15)5-11(13)6-12(8)9(2)14(3)4/h5-7,9H,2H2,1,3-4H3. The van der Waals surface area contributed by atoms with Crippen LogP contribution in [0.3, 0.4) is 0 Å². The molecule has 1 unspecified atom stereocenters. The first kappa shape index (κ1) is 12.2. The van der Waals surface area contributed by atoms with Crippen LogP contribution >= 0.6 is 11.6 Å². The fraction of sp³-hybridized carbons (Fsp3) is 0.333. The highest BCUT2D eigenvalue weighted by Gasteiger charge is 2.14. The maximum Gasteiger partial charge on any atom is 0.150 e. The van der Waals surface area contributed by atoms with Gasteiger partial charge in [-0.15, -0.1) is 0 Å². The summed E-state index contributed by atoms with van der Waals surface area (Å²) in [5, 5.41) is 0.577. The van der Waals surface area contributed by atoms with Crippen molar-refractivity contribution >= 4 is 17.9 Å². The van der Waals surface area contributed by atoms with Gasteiger partial charge in [0.1, 0.15) is 6.29 Å². The molecule has 0 heterocycles. The van der Waals surface area contributed by atoms with Crippen molar-refractivity contribution in [2.45, 2.75) is 13.0 Å². The fourth-order valence-corrected chi connectivity index (χ4v) is 1.70. The lowest BCUT2D eigenvalue weighted by atomic mass is 9.97. The Balaban J connectivity index is 3.28. The van der Waals surface area contributed by atoms with E-state index in [9.17, 15) is 4.79 Å². The molecule has 1 aromatic carbocycles. The summed E-state index contributed by atoms with van der Waals surface area (Å²) >= 11 is 5.94. The van der Waals surface area contributed by atoms with Crippen LogP contribution in [0.5, 0.6) is 0 Å². The second-order valence-electron chi connectivity index (χ2n) is 3.81. The van der Waals surface area contributed by atoms with Gasteiger partial charge in [0.05, 0.1) is 0 Å². The molecule has 15 heavy (non-hydrogen) atoms. The summed E-state index contributed by atoms with van der Waals surface area (Å²) in [6.45, 7) is 5.95. The quantitative estimate of drug-likeness (QED) is 0.736. The Bertz CT molecular complexity index is 374. The van der Waals surface area contributed by atoms with Crippen molar-refractivity contribution in [3.63, 3.8) is 0 Å². The normalized spacial score (nSPS) is 12.9. The number of hydrogen-bond acceptors (Lipinski definition) is 2. The number of benzene rings is 1. The smallest absolute Gasteiger partial charge is 0.150 e. The zero-order valence-electron chi connectivity index (χ0n) is 9.25. The predicted octanol–water partition coefficient (Wildman–Crippen LogP) is 2.90. The van der Waals surface area contributed by atoms with Crippen LogP contribution in [-0.2, 0) is 0 Å². The molecule has 0 saturated heterocycles. The monoisotopic (exact) mass is 224 g/mol. The van der Waals surface area contributed by atoms with E-state index < -0.39 is 0 Å². The molecule has 0 aliphatic rings. The molecule has 0 fully saturated rings. The van der Waals surface area contributed by atoms with Crippen molar-refractivity contribution in [3.8, 4) is 0 Å². The molecular weight excluding hydrogens is 210 g/mol. The molecule has 0 bridgehead atoms. The average Bonchev–Trinajstić information content (AvgIpc) is 2.19. The third-order valence-corrected chi connectivity index (χ3v) is 2.78. The summed E-state index contributed by atoms with van der Waals surface area (Å²) in [4.78, 5) is 12.8. The van der Waals surface area contributed by atoms with Crippen LogP contribution in [-0.4, -0.2) is 25.3 Å². The Morgan fingerprint density at radius 3 is 2.53 bits per heavy atom. The lowest BCUT2D eigenvalue weighted by Crippen LogP contribution is -2.18. The third kappa shape index (κ3) is 2.58. The Morgan fingerprint density at radius 1 is 1.47 bits per heavy atom. The number of rotatable bonds is 3. The molecule has 1 radical (unpaired) electrons. The van der Waals surface area contributed by atoms with Crippen LogP contribution in [0.2, 0.25) is 5.02 Å². The Morgan fingerprint density at radius 2 is 2.07 bits per heavy atom. The molecule has 0 amide bonds. The zero-order chi connectivity index (χ0) is 11.6. The summed E-state index contributed by atoms with van der Waals surface area (Å²) in [6.07, 6.45) is 0.826. The highest BCUT2D eigenvalue weighted by molar-refractivity contribution is 6.31. The van der Waals surface area contributed by atoms with Crippen molar-refractivity contribution < 1.29 is 4.79 Å². The maximum atomic E-state index is 10.8. The van der Waals surface area contributed by atoms with Crippen molar-refractivity contribution in [1.82, 2.24) is 4.90 Å². The van der Waals surface area contributed by atoms with Crippen LogP contribution in [0.1, 0.15) is 27.5 Å². The highest BCUT2D eigenvalue weighted by atomic mass is 35.5. The van der Waals surface area contributed by atoms with E-state index in [1.165, 1.54) is 0 Å². The third-order valence-electron chi connectivity index (χ3n) is 2.56. The summed E-state index contributed by atoms with van der Waals surface area (Å²) < 4.78 is 0. The van der Waals surface area contributed by atoms with Gasteiger partial charge in [0, 0.05) is 16.6 Å². The lowest BCUT2D eigenvalue weighted by molar-refractivity contribution is 0.112. The first-order valence-corrected chi connectivity index (χ1v) is 5.10. The van der Waals surface area contributed by atoms with Gasteiger partial charge in [0.25, 0.3) is 0 Å². The van der Waals surface area contributed by atoms with Crippen molar-refractivity contribution in [2.75, 3.05) is 14.1 Å². The molecular formula is C12H15ClNO. The molecule has 0 aliphatic heterocycles. The Kier molecular flexibility index (Phi) is 3.89. The number of carbonyl (C=O) groups is 1. The largest absolute Gasteiger partial charge is 0.302 e. The molecule has 0 aliphatic carbocycles. The minimum atomic E-state index is 0.00222. The highest BCUT2D eigenvalue weighted by Crippen LogP contribution is 2.26. The van der Waals surface area contributed by atoms with Gasteiger partial charge in [-0.05, 0) is 51.2 Å². The first-order valence-electron chi connectivity index (χ1n) is 4.72. The second-order valence-corrected chi connectivity index (χ2v) is 4.24. The van der Waals surface area contributed by atoms with Gasteiger partial charge in [-0.2, -0.15) is 0 Å². The van der Waals surface area contributed by atoms with Gasteiger partial charge >= 0.3 is 0 Å². The molecule has 1 atom stereocenters. The number of hydrogen-bond donors (Lipinski definition) is 0. The van der Waals surface area contributed by atoms with Gasteiger partial charge in [-0.25, -0.2) is 0 Å². The molecule has 0 saturated carbocycles. The van der Waals surface area contributed by atoms with Crippen LogP contribution in [0.15, 0.2) is 12.1 Å².